The quantitative estimate of drug-likeness (QED) is 0.0266. The summed E-state index contributed by atoms with van der Waals surface area (Å²) in [5.41, 5.74) is 3.43. The Morgan fingerprint density at radius 3 is 0.964 bits per heavy atom. The molecule has 0 aromatic rings. The van der Waals surface area contributed by atoms with Gasteiger partial charge in [0.2, 0.25) is 42.2 Å². The number of carbonyl (C=O) groups excluding carboxylic acids is 3. The zero-order chi connectivity index (χ0) is 68.3. The van der Waals surface area contributed by atoms with Gasteiger partial charge in [-0.1, -0.05) is 75.2 Å². The van der Waals surface area contributed by atoms with Crippen LogP contribution in [-0.4, -0.2) is 110 Å². The Kier molecular flexibility index (Phi) is 47.6. The maximum Gasteiger partial charge on any atom is 0.397 e. The van der Waals surface area contributed by atoms with Crippen LogP contribution in [0, 0.1) is 5.92 Å². The highest BCUT2D eigenvalue weighted by atomic mass is 19.4. The number of alkyl halides is 26. The van der Waals surface area contributed by atoms with E-state index in [0.717, 1.165) is 17.8 Å². The van der Waals surface area contributed by atoms with E-state index in [1.54, 1.807) is 0 Å². The molecule has 0 aromatic carbocycles. The highest BCUT2D eigenvalue weighted by molar-refractivity contribution is 5.45. The molecule has 0 aromatic heterocycles. The molecule has 514 valence electrons. The largest absolute Gasteiger partial charge is 0.461 e. The van der Waals surface area contributed by atoms with Gasteiger partial charge >= 0.3 is 48.9 Å². The minimum atomic E-state index is -5.09. The van der Waals surface area contributed by atoms with Crippen molar-refractivity contribution in [2.24, 2.45) is 5.92 Å². The van der Waals surface area contributed by atoms with Crippen molar-refractivity contribution in [1.29, 1.82) is 0 Å². The number of halogens is 27. The van der Waals surface area contributed by atoms with E-state index >= 15 is 0 Å². The van der Waals surface area contributed by atoms with Crippen LogP contribution in [0.15, 0.2) is 0 Å². The van der Waals surface area contributed by atoms with Gasteiger partial charge in [0.05, 0.1) is 5.92 Å². The van der Waals surface area contributed by atoms with Crippen molar-refractivity contribution < 1.29 is 162 Å². The number of hydrazine groups is 1. The van der Waals surface area contributed by atoms with Crippen LogP contribution in [0.3, 0.4) is 0 Å². The molecule has 84 heavy (non-hydrogen) atoms. The molecule has 5 unspecified atom stereocenters. The van der Waals surface area contributed by atoms with Crippen LogP contribution in [0.5, 0.6) is 0 Å². The highest BCUT2D eigenvalue weighted by Crippen LogP contribution is 2.40. The number of nitrogens with one attached hydrogen (secondary N) is 3. The molecular weight excluding hydrogens is 1240 g/mol. The Morgan fingerprint density at radius 1 is 0.429 bits per heavy atom. The number of hydrogen-bond acceptors (Lipinski definition) is 10. The SMILES string of the molecule is CCC(C)(F)F.CCC(C)(F)OC(F)(F)CC(F)(F)COC=O.CCC(C)(F)OC(F)(F)CC(F)(F)F.CCC(C)(F)OC(F)(F)CC(F)(F)NNC=O.CCC(C)(F)OC(F)(F)CC(F)(F)ONC=O.CCC(C)C(F)(F)F.CCCC.F. The average Bonchev–Trinajstić information content (AvgIpc) is 3.26. The highest BCUT2D eigenvalue weighted by Gasteiger charge is 2.52. The van der Waals surface area contributed by atoms with Gasteiger partial charge in [-0.15, -0.1) is 0 Å². The summed E-state index contributed by atoms with van der Waals surface area (Å²) in [6.07, 6.45) is -39.5. The van der Waals surface area contributed by atoms with Crippen molar-refractivity contribution in [1.82, 2.24) is 16.3 Å². The third-order valence-corrected chi connectivity index (χ3v) is 8.91. The minimum Gasteiger partial charge on any atom is -0.461 e. The van der Waals surface area contributed by atoms with Gasteiger partial charge in [-0.3, -0.25) is 43.5 Å². The first kappa shape index (κ1) is 96.6. The second-order valence-corrected chi connectivity index (χ2v) is 17.7. The molecule has 3 N–H and O–H groups in total. The van der Waals surface area contributed by atoms with Crippen LogP contribution in [0.25, 0.3) is 0 Å². The van der Waals surface area contributed by atoms with Gasteiger partial charge in [0.25, 0.3) is 12.4 Å². The molecule has 0 saturated carbocycles. The fourth-order valence-electron chi connectivity index (χ4n) is 3.47. The summed E-state index contributed by atoms with van der Waals surface area (Å²) in [4.78, 5) is 32.3. The number of unbranched alkanes of at least 4 members (excludes halogenated alkanes) is 1. The van der Waals surface area contributed by atoms with Gasteiger partial charge in [-0.05, 0) is 41.0 Å². The summed E-state index contributed by atoms with van der Waals surface area (Å²) in [6.45, 7) is 15.2. The first-order valence-corrected chi connectivity index (χ1v) is 24.1. The van der Waals surface area contributed by atoms with Crippen LogP contribution in [0.4, 0.5) is 119 Å². The number of hydroxylamine groups is 1. The standard InChI is InChI=1S/C9H13F5O3.C8H13F5N2O2.C8H12F5NO3.C7H10F6O.C5H9F3.C4H8F2.C4H10.FH/c1-3-7(2,10)17-9(13,14)4-8(11,12)5-16-6-15;1-3-6(2,9)17-8(12,13)4-7(10,11)15-14-5-16;1-3-6(2,9)16-7(10,11)4-8(12,13)17-14-5-15;1-3-5(2,8)14-7(12,13)4-6(9,10)11;1-3-4(2)5(6,7)8;1-3-4(2,5)6;1-3-4-2;/h6H,3-5H2,1-2H3;5,15H,3-4H2,1-2H3,(H,14,16);5H,3-4H2,1-2H3,(H,14,15);3-4H2,1-2H3;4H,3H2,1-2H3;3H2,1-2H3;3-4H2,1-2H3;1H. The maximum atomic E-state index is 13.1. The number of rotatable bonds is 31. The summed E-state index contributed by atoms with van der Waals surface area (Å²) in [7, 11) is 0. The lowest BCUT2D eigenvalue weighted by molar-refractivity contribution is -0.376. The van der Waals surface area contributed by atoms with E-state index in [9.17, 15) is 129 Å². The molecule has 0 radical (unpaired) electrons. The average molecular weight is 1320 g/mol. The second kappa shape index (κ2) is 41.4. The molecule has 0 aliphatic rings. The normalized spacial score (nSPS) is 15.7. The second-order valence-electron chi connectivity index (χ2n) is 17.7. The summed E-state index contributed by atoms with van der Waals surface area (Å²) in [5.74, 6) is -18.5. The third-order valence-electron chi connectivity index (χ3n) is 8.91. The van der Waals surface area contributed by atoms with Crippen LogP contribution in [0.2, 0.25) is 0 Å². The topological polar surface area (TPSA) is 143 Å². The molecule has 0 saturated heterocycles. The first-order valence-electron chi connectivity index (χ1n) is 24.1. The van der Waals surface area contributed by atoms with E-state index in [0.29, 0.717) is 27.7 Å². The van der Waals surface area contributed by atoms with Gasteiger partial charge in [-0.2, -0.15) is 84.5 Å². The van der Waals surface area contributed by atoms with Crippen LogP contribution < -0.4 is 16.3 Å². The van der Waals surface area contributed by atoms with Crippen molar-refractivity contribution in [3.8, 4) is 0 Å². The summed E-state index contributed by atoms with van der Waals surface area (Å²) in [6, 6.07) is -4.13. The molecule has 2 amide bonds. The van der Waals surface area contributed by atoms with Gasteiger partial charge in [0, 0.05) is 32.1 Å². The van der Waals surface area contributed by atoms with Crippen molar-refractivity contribution in [3.05, 3.63) is 0 Å². The molecule has 5 atom stereocenters. The predicted octanol–water partition coefficient (Wildman–Crippen LogP) is 17.4. The van der Waals surface area contributed by atoms with Crippen LogP contribution >= 0.6 is 0 Å². The molecule has 0 heterocycles. The van der Waals surface area contributed by atoms with Crippen molar-refractivity contribution >= 4 is 19.3 Å². The van der Waals surface area contributed by atoms with Gasteiger partial charge in [0.1, 0.15) is 25.7 Å². The molecule has 0 fully saturated rings. The molecular formula is C45H76F27N3O9. The smallest absolute Gasteiger partial charge is 0.397 e. The predicted molar refractivity (Wildman–Crippen MR) is 247 cm³/mol. The lowest BCUT2D eigenvalue weighted by Gasteiger charge is -2.28. The molecule has 39 heteroatoms. The zero-order valence-corrected chi connectivity index (χ0v) is 47.9. The van der Waals surface area contributed by atoms with Crippen molar-refractivity contribution in [2.75, 3.05) is 6.61 Å². The maximum absolute atomic E-state index is 13.1. The first-order chi connectivity index (χ1) is 36.5. The minimum absolute atomic E-state index is 0. The molecule has 12 nitrogen and oxygen atoms in total. The Labute approximate surface area is 468 Å². The number of carbonyl (C=O) groups is 3. The van der Waals surface area contributed by atoms with Gasteiger partial charge < -0.3 is 4.74 Å². The number of amides is 2. The molecule has 0 rings (SSSR count). The van der Waals surface area contributed by atoms with E-state index in [1.165, 1.54) is 66.7 Å². The molecule has 0 aliphatic heterocycles. The summed E-state index contributed by atoms with van der Waals surface area (Å²) < 4.78 is 341. The Balaban J connectivity index is -0.000000139. The van der Waals surface area contributed by atoms with E-state index in [1.807, 2.05) is 0 Å². The summed E-state index contributed by atoms with van der Waals surface area (Å²) >= 11 is 0. The van der Waals surface area contributed by atoms with E-state index in [4.69, 9.17) is 0 Å². The molecule has 0 aliphatic carbocycles. The van der Waals surface area contributed by atoms with Crippen molar-refractivity contribution in [2.45, 2.75) is 258 Å². The fourth-order valence-corrected chi connectivity index (χ4v) is 3.47. The lowest BCUT2D eigenvalue weighted by Crippen LogP contribution is -2.50. The van der Waals surface area contributed by atoms with Gasteiger partial charge in [-0.25, -0.2) is 45.4 Å². The Hall–Kier alpha value is -3.72. The van der Waals surface area contributed by atoms with E-state index in [-0.39, 0.29) is 36.8 Å². The molecule has 0 bridgehead atoms. The Bertz CT molecular complexity index is 1550. The lowest BCUT2D eigenvalue weighted by atomic mass is 10.1. The molecule has 0 spiro atoms. The third kappa shape index (κ3) is 67.4. The van der Waals surface area contributed by atoms with Crippen molar-refractivity contribution in [3.63, 3.8) is 0 Å². The van der Waals surface area contributed by atoms with E-state index < -0.39 is 148 Å². The van der Waals surface area contributed by atoms with E-state index in [2.05, 4.69) is 42.4 Å². The van der Waals surface area contributed by atoms with Crippen LogP contribution in [-0.2, 0) is 42.9 Å². The monoisotopic (exact) mass is 1320 g/mol. The number of ether oxygens (including phenoxy) is 5. The number of hydrogen-bond donors (Lipinski definition) is 3. The van der Waals surface area contributed by atoms with Gasteiger partial charge in [0.15, 0.2) is 6.61 Å². The summed E-state index contributed by atoms with van der Waals surface area (Å²) in [5, 5.41) is 0. The zero-order valence-electron chi connectivity index (χ0n) is 47.9. The van der Waals surface area contributed by atoms with Crippen LogP contribution in [0.1, 0.15) is 174 Å². The fraction of sp³-hybridized carbons (Fsp3) is 0.933. The Morgan fingerprint density at radius 2 is 0.738 bits per heavy atom.